The SMILES string of the molecule is CCCCCCCC/C=C/C/C=C/CCC(=O)OCC(O)COCCC(C(=O)[O-])[N+](C)(C)C. The number of ether oxygens (including phenoxy) is 2. The van der Waals surface area contributed by atoms with Gasteiger partial charge >= 0.3 is 5.97 Å². The lowest BCUT2D eigenvalue weighted by Crippen LogP contribution is -2.55. The maximum Gasteiger partial charge on any atom is 0.306 e. The highest BCUT2D eigenvalue weighted by atomic mass is 16.5. The molecule has 0 saturated carbocycles. The van der Waals surface area contributed by atoms with Crippen molar-refractivity contribution in [3.8, 4) is 0 Å². The van der Waals surface area contributed by atoms with Crippen LogP contribution < -0.4 is 5.11 Å². The molecule has 0 spiro atoms. The number of carboxylic acids is 1. The van der Waals surface area contributed by atoms with Crippen molar-refractivity contribution < 1.29 is 33.8 Å². The number of aliphatic hydroxyl groups is 1. The van der Waals surface area contributed by atoms with E-state index in [0.717, 1.165) is 12.8 Å². The fourth-order valence-electron chi connectivity index (χ4n) is 3.30. The number of unbranched alkanes of at least 4 members (excludes halogenated alkanes) is 6. The number of allylic oxidation sites excluding steroid dienone is 4. The van der Waals surface area contributed by atoms with Crippen molar-refractivity contribution in [3.63, 3.8) is 0 Å². The van der Waals surface area contributed by atoms with E-state index in [2.05, 4.69) is 19.1 Å². The lowest BCUT2D eigenvalue weighted by Gasteiger charge is -2.34. The molecule has 33 heavy (non-hydrogen) atoms. The van der Waals surface area contributed by atoms with Gasteiger partial charge in [-0.15, -0.1) is 0 Å². The van der Waals surface area contributed by atoms with E-state index in [1.807, 2.05) is 12.2 Å². The van der Waals surface area contributed by atoms with Crippen LogP contribution in [-0.4, -0.2) is 74.6 Å². The molecule has 0 heterocycles. The Hall–Kier alpha value is -1.70. The molecule has 0 bridgehead atoms. The molecule has 2 atom stereocenters. The first-order valence-corrected chi connectivity index (χ1v) is 12.4. The lowest BCUT2D eigenvalue weighted by atomic mass is 10.1. The minimum atomic E-state index is -1.13. The number of carboxylic acid groups (broad SMARTS) is 1. The van der Waals surface area contributed by atoms with Crippen molar-refractivity contribution in [1.29, 1.82) is 0 Å². The Morgan fingerprint density at radius 1 is 0.939 bits per heavy atom. The highest BCUT2D eigenvalue weighted by Crippen LogP contribution is 2.08. The van der Waals surface area contributed by atoms with Crippen LogP contribution in [0.1, 0.15) is 77.6 Å². The van der Waals surface area contributed by atoms with Gasteiger partial charge in [0.2, 0.25) is 0 Å². The second kappa shape index (κ2) is 19.7. The summed E-state index contributed by atoms with van der Waals surface area (Å²) in [5.74, 6) is -1.49. The van der Waals surface area contributed by atoms with E-state index in [0.29, 0.717) is 6.42 Å². The topological polar surface area (TPSA) is 95.9 Å². The average Bonchev–Trinajstić information content (AvgIpc) is 2.74. The number of rotatable bonds is 21. The van der Waals surface area contributed by atoms with Crippen LogP contribution in [-0.2, 0) is 19.1 Å². The fourth-order valence-corrected chi connectivity index (χ4v) is 3.30. The molecular weight excluding hydrogens is 422 g/mol. The number of carbonyl (C=O) groups excluding carboxylic acids is 2. The molecule has 0 aliphatic carbocycles. The highest BCUT2D eigenvalue weighted by molar-refractivity contribution is 5.70. The molecule has 192 valence electrons. The van der Waals surface area contributed by atoms with Crippen molar-refractivity contribution in [3.05, 3.63) is 24.3 Å². The predicted octanol–water partition coefficient (Wildman–Crippen LogP) is 3.16. The number of esters is 1. The molecule has 0 aromatic rings. The van der Waals surface area contributed by atoms with E-state index in [9.17, 15) is 19.8 Å². The van der Waals surface area contributed by atoms with Gasteiger partial charge in [0.15, 0.2) is 0 Å². The molecule has 1 N–H and O–H groups in total. The van der Waals surface area contributed by atoms with Crippen LogP contribution in [0.5, 0.6) is 0 Å². The van der Waals surface area contributed by atoms with Gasteiger partial charge in [-0.05, 0) is 25.7 Å². The summed E-state index contributed by atoms with van der Waals surface area (Å²) in [5, 5.41) is 21.0. The Kier molecular flexibility index (Phi) is 18.7. The zero-order valence-electron chi connectivity index (χ0n) is 21.3. The molecule has 0 aromatic heterocycles. The van der Waals surface area contributed by atoms with Crippen molar-refractivity contribution in [1.82, 2.24) is 0 Å². The summed E-state index contributed by atoms with van der Waals surface area (Å²) < 4.78 is 10.6. The van der Waals surface area contributed by atoms with Gasteiger partial charge in [-0.25, -0.2) is 0 Å². The molecule has 7 heteroatoms. The quantitative estimate of drug-likeness (QED) is 0.120. The van der Waals surface area contributed by atoms with E-state index < -0.39 is 18.1 Å². The summed E-state index contributed by atoms with van der Waals surface area (Å²) in [6.45, 7) is 2.26. The first kappa shape index (κ1) is 31.3. The third-order valence-electron chi connectivity index (χ3n) is 5.33. The minimum absolute atomic E-state index is 0.0187. The van der Waals surface area contributed by atoms with E-state index in [-0.39, 0.29) is 43.1 Å². The smallest absolute Gasteiger partial charge is 0.306 e. The van der Waals surface area contributed by atoms with Gasteiger partial charge in [-0.3, -0.25) is 4.79 Å². The molecule has 0 amide bonds. The van der Waals surface area contributed by atoms with Crippen LogP contribution >= 0.6 is 0 Å². The van der Waals surface area contributed by atoms with Gasteiger partial charge in [-0.2, -0.15) is 0 Å². The van der Waals surface area contributed by atoms with Gasteiger partial charge in [0.1, 0.15) is 18.8 Å². The second-order valence-corrected chi connectivity index (χ2v) is 9.43. The molecular formula is C26H47NO6. The molecule has 0 aliphatic rings. The second-order valence-electron chi connectivity index (χ2n) is 9.43. The Morgan fingerprint density at radius 3 is 2.21 bits per heavy atom. The van der Waals surface area contributed by atoms with E-state index in [1.165, 1.54) is 38.5 Å². The molecule has 0 aliphatic heterocycles. The first-order valence-electron chi connectivity index (χ1n) is 12.4. The summed E-state index contributed by atoms with van der Waals surface area (Å²) >= 11 is 0. The molecule has 0 fully saturated rings. The van der Waals surface area contributed by atoms with Crippen LogP contribution in [0, 0.1) is 0 Å². The average molecular weight is 470 g/mol. The Balaban J connectivity index is 3.72. The van der Waals surface area contributed by atoms with Crippen LogP contribution in [0.2, 0.25) is 0 Å². The zero-order chi connectivity index (χ0) is 25.0. The largest absolute Gasteiger partial charge is 0.544 e. The third kappa shape index (κ3) is 19.5. The lowest BCUT2D eigenvalue weighted by molar-refractivity contribution is -0.889. The summed E-state index contributed by atoms with van der Waals surface area (Å²) in [7, 11) is 5.33. The van der Waals surface area contributed by atoms with Gasteiger partial charge in [0.25, 0.3) is 0 Å². The predicted molar refractivity (Wildman–Crippen MR) is 129 cm³/mol. The van der Waals surface area contributed by atoms with E-state index >= 15 is 0 Å². The van der Waals surface area contributed by atoms with Crippen molar-refractivity contribution >= 4 is 11.9 Å². The maximum absolute atomic E-state index is 11.8. The Labute approximate surface area is 201 Å². The van der Waals surface area contributed by atoms with Crippen LogP contribution in [0.4, 0.5) is 0 Å². The van der Waals surface area contributed by atoms with Crippen LogP contribution in [0.3, 0.4) is 0 Å². The molecule has 0 rings (SSSR count). The minimum Gasteiger partial charge on any atom is -0.544 e. The molecule has 0 radical (unpaired) electrons. The number of carbonyl (C=O) groups is 2. The normalized spacial score (nSPS) is 14.1. The third-order valence-corrected chi connectivity index (χ3v) is 5.33. The van der Waals surface area contributed by atoms with Gasteiger partial charge in [-0.1, -0.05) is 63.3 Å². The van der Waals surface area contributed by atoms with Gasteiger partial charge < -0.3 is 29.0 Å². The van der Waals surface area contributed by atoms with Gasteiger partial charge in [0.05, 0.1) is 40.3 Å². The number of aliphatic hydroxyl groups excluding tert-OH is 1. The monoisotopic (exact) mass is 469 g/mol. The first-order chi connectivity index (χ1) is 15.7. The standard InChI is InChI=1S/C26H47NO6/c1-5-6-7-8-9-10-11-12-13-14-15-16-17-18-25(29)33-22-23(28)21-32-20-19-24(26(30)31)27(2,3)4/h12-13,15-16,23-24,28H,5-11,14,17-22H2,1-4H3/b13-12+,16-15+. The van der Waals surface area contributed by atoms with Crippen LogP contribution in [0.25, 0.3) is 0 Å². The Morgan fingerprint density at radius 2 is 1.58 bits per heavy atom. The molecule has 0 aromatic carbocycles. The summed E-state index contributed by atoms with van der Waals surface area (Å²) in [4.78, 5) is 22.9. The summed E-state index contributed by atoms with van der Waals surface area (Å²) in [5.41, 5.74) is 0. The molecule has 0 saturated heterocycles. The molecule has 7 nitrogen and oxygen atoms in total. The van der Waals surface area contributed by atoms with Crippen molar-refractivity contribution in [2.45, 2.75) is 89.7 Å². The Bertz CT molecular complexity index is 568. The van der Waals surface area contributed by atoms with Gasteiger partial charge in [0, 0.05) is 12.8 Å². The number of nitrogens with zero attached hydrogens (tertiary/aromatic N) is 1. The maximum atomic E-state index is 11.8. The number of aliphatic carboxylic acids is 1. The highest BCUT2D eigenvalue weighted by Gasteiger charge is 2.24. The summed E-state index contributed by atoms with van der Waals surface area (Å²) in [6, 6.07) is -0.691. The van der Waals surface area contributed by atoms with Crippen LogP contribution in [0.15, 0.2) is 24.3 Å². The van der Waals surface area contributed by atoms with Crippen molar-refractivity contribution in [2.24, 2.45) is 0 Å². The fraction of sp³-hybridized carbons (Fsp3) is 0.769. The number of likely N-dealkylation sites (N-methyl/N-ethyl adjacent to an activating group) is 1. The summed E-state index contributed by atoms with van der Waals surface area (Å²) in [6.07, 6.45) is 18.5. The number of quaternary nitrogens is 1. The molecule has 2 unspecified atom stereocenters. The van der Waals surface area contributed by atoms with E-state index in [1.54, 1.807) is 21.1 Å². The van der Waals surface area contributed by atoms with Crippen molar-refractivity contribution in [2.75, 3.05) is 41.0 Å². The number of hydrogen-bond acceptors (Lipinski definition) is 6. The van der Waals surface area contributed by atoms with E-state index in [4.69, 9.17) is 9.47 Å². The number of hydrogen-bond donors (Lipinski definition) is 1. The zero-order valence-corrected chi connectivity index (χ0v) is 21.3.